The van der Waals surface area contributed by atoms with Crippen molar-refractivity contribution in [1.82, 2.24) is 14.7 Å². The molecule has 2 aromatic rings. The highest BCUT2D eigenvalue weighted by Gasteiger charge is 2.18. The van der Waals surface area contributed by atoms with Gasteiger partial charge in [0.15, 0.2) is 0 Å². The Bertz CT molecular complexity index is 884. The third-order valence-corrected chi connectivity index (χ3v) is 5.81. The van der Waals surface area contributed by atoms with Gasteiger partial charge in [-0.05, 0) is 49.6 Å². The second-order valence-corrected chi connectivity index (χ2v) is 8.05. The number of rotatable bonds is 10. The van der Waals surface area contributed by atoms with Crippen LogP contribution in [0.1, 0.15) is 49.9 Å². The van der Waals surface area contributed by atoms with Gasteiger partial charge in [0.2, 0.25) is 0 Å². The van der Waals surface area contributed by atoms with E-state index in [9.17, 15) is 0 Å². The first-order valence-electron chi connectivity index (χ1n) is 10.3. The summed E-state index contributed by atoms with van der Waals surface area (Å²) in [5.74, 6) is 2.04. The largest absolute Gasteiger partial charge is 0.497 e. The van der Waals surface area contributed by atoms with Gasteiger partial charge in [-0.1, -0.05) is 43.2 Å². The lowest BCUT2D eigenvalue weighted by Gasteiger charge is -2.24. The Morgan fingerprint density at radius 3 is 2.50 bits per heavy atom. The van der Waals surface area contributed by atoms with Crippen molar-refractivity contribution in [3.05, 3.63) is 64.0 Å². The summed E-state index contributed by atoms with van der Waals surface area (Å²) in [6.07, 6.45) is 4.84. The number of benzene rings is 1. The van der Waals surface area contributed by atoms with Crippen LogP contribution < -0.4 is 4.74 Å². The molecular weight excluding hydrogens is 398 g/mol. The quantitative estimate of drug-likeness (QED) is 0.445. The maximum atomic E-state index is 6.63. The Hall–Kier alpha value is -2.24. The van der Waals surface area contributed by atoms with Gasteiger partial charge in [0.05, 0.1) is 19.9 Å². The molecule has 1 heterocycles. The second kappa shape index (κ2) is 11.2. The Balaban J connectivity index is 2.44. The van der Waals surface area contributed by atoms with Crippen molar-refractivity contribution in [1.29, 1.82) is 0 Å². The highest BCUT2D eigenvalue weighted by atomic mass is 35.5. The van der Waals surface area contributed by atoms with Gasteiger partial charge >= 0.3 is 0 Å². The molecule has 1 aromatic heterocycles. The molecule has 0 amide bonds. The fourth-order valence-corrected chi connectivity index (χ4v) is 3.53. The Morgan fingerprint density at radius 1 is 1.27 bits per heavy atom. The zero-order valence-electron chi connectivity index (χ0n) is 19.2. The molecule has 0 saturated carbocycles. The highest BCUT2D eigenvalue weighted by molar-refractivity contribution is 6.31. The minimum atomic E-state index is 0.264. The molecule has 0 N–H and O–H groups in total. The van der Waals surface area contributed by atoms with E-state index in [2.05, 4.69) is 51.8 Å². The SMILES string of the molecule is CC/C(C)=C(Cl)\C=C(\N(C)Cc1ccc(OC)cc1)n1ncc(C(C)COC)c1C. The van der Waals surface area contributed by atoms with Gasteiger partial charge in [0.25, 0.3) is 0 Å². The smallest absolute Gasteiger partial charge is 0.131 e. The lowest BCUT2D eigenvalue weighted by Crippen LogP contribution is -2.22. The predicted molar refractivity (Wildman–Crippen MR) is 125 cm³/mol. The molecule has 0 aliphatic carbocycles. The van der Waals surface area contributed by atoms with E-state index in [1.807, 2.05) is 29.1 Å². The average Bonchev–Trinajstić information content (AvgIpc) is 3.12. The number of aromatic nitrogens is 2. The topological polar surface area (TPSA) is 39.5 Å². The Labute approximate surface area is 185 Å². The molecule has 0 bridgehead atoms. The Morgan fingerprint density at radius 2 is 1.93 bits per heavy atom. The minimum Gasteiger partial charge on any atom is -0.497 e. The molecule has 1 unspecified atom stereocenters. The van der Waals surface area contributed by atoms with Crippen LogP contribution in [0.5, 0.6) is 5.75 Å². The number of methoxy groups -OCH3 is 2. The molecule has 164 valence electrons. The summed E-state index contributed by atoms with van der Waals surface area (Å²) in [5.41, 5.74) is 4.58. The standard InChI is InChI=1S/C24H34ClN3O2/c1-8-17(2)23(25)13-24(27(5)15-20-9-11-21(30-7)12-10-20)28-19(4)22(14-26-28)18(3)16-29-6/h9-14,18H,8,15-16H2,1-7H3/b23-17+,24-13-. The van der Waals surface area contributed by atoms with Crippen LogP contribution in [0.15, 0.2) is 47.1 Å². The van der Waals surface area contributed by atoms with Crippen LogP contribution >= 0.6 is 11.6 Å². The van der Waals surface area contributed by atoms with Gasteiger partial charge in [0.1, 0.15) is 11.6 Å². The first-order valence-corrected chi connectivity index (χ1v) is 10.6. The van der Waals surface area contributed by atoms with Crippen molar-refractivity contribution in [2.45, 2.75) is 46.6 Å². The van der Waals surface area contributed by atoms with Crippen molar-refractivity contribution in [2.75, 3.05) is 27.9 Å². The van der Waals surface area contributed by atoms with Crippen molar-refractivity contribution < 1.29 is 9.47 Å². The molecule has 0 aliphatic heterocycles. The van der Waals surface area contributed by atoms with Gasteiger partial charge in [-0.3, -0.25) is 0 Å². The van der Waals surface area contributed by atoms with Crippen LogP contribution in [-0.2, 0) is 11.3 Å². The first-order chi connectivity index (χ1) is 14.3. The monoisotopic (exact) mass is 431 g/mol. The van der Waals surface area contributed by atoms with Crippen LogP contribution in [0.4, 0.5) is 0 Å². The summed E-state index contributed by atoms with van der Waals surface area (Å²) in [6, 6.07) is 8.10. The van der Waals surface area contributed by atoms with Crippen LogP contribution in [0.3, 0.4) is 0 Å². The summed E-state index contributed by atoms with van der Waals surface area (Å²) in [7, 11) is 5.46. The molecule has 0 spiro atoms. The maximum Gasteiger partial charge on any atom is 0.131 e. The fourth-order valence-electron chi connectivity index (χ4n) is 3.30. The van der Waals surface area contributed by atoms with E-state index in [1.165, 1.54) is 11.1 Å². The van der Waals surface area contributed by atoms with E-state index in [0.717, 1.165) is 34.3 Å². The predicted octanol–water partition coefficient (Wildman–Crippen LogP) is 5.80. The van der Waals surface area contributed by atoms with E-state index in [0.29, 0.717) is 13.2 Å². The molecule has 1 aromatic carbocycles. The number of allylic oxidation sites excluding steroid dienone is 3. The van der Waals surface area contributed by atoms with Crippen molar-refractivity contribution >= 4 is 17.4 Å². The summed E-state index contributed by atoms with van der Waals surface area (Å²) in [6.45, 7) is 9.78. The number of halogens is 1. The van der Waals surface area contributed by atoms with E-state index in [4.69, 9.17) is 26.2 Å². The molecule has 5 nitrogen and oxygen atoms in total. The third-order valence-electron chi connectivity index (χ3n) is 5.38. The molecule has 1 atom stereocenters. The lowest BCUT2D eigenvalue weighted by molar-refractivity contribution is 0.184. The molecular formula is C24H34ClN3O2. The molecule has 0 radical (unpaired) electrons. The molecule has 0 fully saturated rings. The molecule has 0 aliphatic rings. The normalized spacial score (nSPS) is 13.8. The zero-order chi connectivity index (χ0) is 22.3. The molecule has 6 heteroatoms. The van der Waals surface area contributed by atoms with Crippen molar-refractivity contribution in [2.24, 2.45) is 0 Å². The van der Waals surface area contributed by atoms with E-state index >= 15 is 0 Å². The Kier molecular flexibility index (Phi) is 9.00. The van der Waals surface area contributed by atoms with Crippen LogP contribution in [0, 0.1) is 6.92 Å². The summed E-state index contributed by atoms with van der Waals surface area (Å²) < 4.78 is 12.6. The molecule has 0 saturated heterocycles. The van der Waals surface area contributed by atoms with Gasteiger partial charge < -0.3 is 14.4 Å². The number of ether oxygens (including phenoxy) is 2. The summed E-state index contributed by atoms with van der Waals surface area (Å²) >= 11 is 6.63. The van der Waals surface area contributed by atoms with Gasteiger partial charge in [-0.25, -0.2) is 4.68 Å². The fraction of sp³-hybridized carbons (Fsp3) is 0.458. The van der Waals surface area contributed by atoms with Crippen molar-refractivity contribution in [3.8, 4) is 5.75 Å². The van der Waals surface area contributed by atoms with Crippen LogP contribution in [-0.4, -0.2) is 42.6 Å². The number of nitrogens with zero attached hydrogens (tertiary/aromatic N) is 3. The third kappa shape index (κ3) is 5.89. The number of hydrogen-bond donors (Lipinski definition) is 0. The second-order valence-electron chi connectivity index (χ2n) is 7.64. The van der Waals surface area contributed by atoms with Gasteiger partial charge in [0, 0.05) is 37.3 Å². The molecule has 30 heavy (non-hydrogen) atoms. The molecule has 2 rings (SSSR count). The number of hydrogen-bond acceptors (Lipinski definition) is 4. The summed E-state index contributed by atoms with van der Waals surface area (Å²) in [5, 5.41) is 5.44. The summed E-state index contributed by atoms with van der Waals surface area (Å²) in [4.78, 5) is 2.16. The van der Waals surface area contributed by atoms with E-state index < -0.39 is 0 Å². The lowest BCUT2D eigenvalue weighted by atomic mass is 10.0. The van der Waals surface area contributed by atoms with Gasteiger partial charge in [-0.2, -0.15) is 5.10 Å². The first kappa shape index (κ1) is 24.0. The van der Waals surface area contributed by atoms with Gasteiger partial charge in [-0.15, -0.1) is 0 Å². The average molecular weight is 432 g/mol. The van der Waals surface area contributed by atoms with Crippen molar-refractivity contribution in [3.63, 3.8) is 0 Å². The van der Waals surface area contributed by atoms with E-state index in [-0.39, 0.29) is 5.92 Å². The van der Waals surface area contributed by atoms with Crippen LogP contribution in [0.25, 0.3) is 5.82 Å². The minimum absolute atomic E-state index is 0.264. The van der Waals surface area contributed by atoms with Crippen LogP contribution in [0.2, 0.25) is 0 Å². The van der Waals surface area contributed by atoms with E-state index in [1.54, 1.807) is 14.2 Å². The zero-order valence-corrected chi connectivity index (χ0v) is 20.0. The highest BCUT2D eigenvalue weighted by Crippen LogP contribution is 2.26. The maximum absolute atomic E-state index is 6.63.